The number of thioether (sulfide) groups is 1. The van der Waals surface area contributed by atoms with Crippen LogP contribution in [-0.2, 0) is 6.18 Å². The van der Waals surface area contributed by atoms with E-state index in [-0.39, 0.29) is 23.2 Å². The molecule has 1 saturated heterocycles. The summed E-state index contributed by atoms with van der Waals surface area (Å²) in [7, 11) is 0. The summed E-state index contributed by atoms with van der Waals surface area (Å²) in [4.78, 5) is 19.5. The fourth-order valence-corrected chi connectivity index (χ4v) is 3.74. The first-order valence-corrected chi connectivity index (χ1v) is 10.0. The number of benzene rings is 2. The number of hydrogen-bond acceptors (Lipinski definition) is 5. The van der Waals surface area contributed by atoms with Gasteiger partial charge in [-0.05, 0) is 30.5 Å². The van der Waals surface area contributed by atoms with E-state index in [0.717, 1.165) is 17.0 Å². The number of carbonyl (C=O) groups is 1. The smallest absolute Gasteiger partial charge is 0.339 e. The largest absolute Gasteiger partial charge is 0.416 e. The lowest BCUT2D eigenvalue weighted by Gasteiger charge is -2.37. The highest BCUT2D eigenvalue weighted by molar-refractivity contribution is 7.98. The van der Waals surface area contributed by atoms with Crippen molar-refractivity contribution in [3.63, 3.8) is 0 Å². The Bertz CT molecular complexity index is 1050. The van der Waals surface area contributed by atoms with Gasteiger partial charge in [0.2, 0.25) is 11.7 Å². The molecule has 2 aromatic carbocycles. The third-order valence-corrected chi connectivity index (χ3v) is 5.54. The topological polar surface area (TPSA) is 59.2 Å². The van der Waals surface area contributed by atoms with Gasteiger partial charge in [0.1, 0.15) is 0 Å². The highest BCUT2D eigenvalue weighted by atomic mass is 32.2. The molecule has 29 heavy (non-hydrogen) atoms. The van der Waals surface area contributed by atoms with Crippen molar-refractivity contribution in [3.8, 4) is 11.4 Å². The van der Waals surface area contributed by atoms with Gasteiger partial charge >= 0.3 is 6.18 Å². The number of nitrogens with zero attached hydrogens (tertiary/aromatic N) is 3. The lowest BCUT2D eigenvalue weighted by molar-refractivity contribution is -0.137. The van der Waals surface area contributed by atoms with Crippen LogP contribution < -0.4 is 0 Å². The Morgan fingerprint density at radius 1 is 1.17 bits per heavy atom. The van der Waals surface area contributed by atoms with Crippen molar-refractivity contribution < 1.29 is 22.5 Å². The summed E-state index contributed by atoms with van der Waals surface area (Å²) in [5, 5.41) is 3.81. The second-order valence-corrected chi connectivity index (χ2v) is 7.49. The maximum Gasteiger partial charge on any atom is 0.416 e. The van der Waals surface area contributed by atoms with Crippen molar-refractivity contribution in [1.82, 2.24) is 15.0 Å². The van der Waals surface area contributed by atoms with E-state index in [1.54, 1.807) is 11.0 Å². The number of carbonyl (C=O) groups excluding carboxylic acids is 1. The quantitative estimate of drug-likeness (QED) is 0.573. The number of alkyl halides is 3. The fraction of sp³-hybridized carbons (Fsp3) is 0.250. The Morgan fingerprint density at radius 2 is 1.93 bits per heavy atom. The minimum absolute atomic E-state index is 0.0659. The molecule has 0 radical (unpaired) electrons. The van der Waals surface area contributed by atoms with Gasteiger partial charge in [0, 0.05) is 23.5 Å². The Kier molecular flexibility index (Phi) is 5.08. The highest BCUT2D eigenvalue weighted by Gasteiger charge is 2.37. The molecule has 150 valence electrons. The Labute approximate surface area is 168 Å². The second kappa shape index (κ2) is 7.55. The monoisotopic (exact) mass is 419 g/mol. The molecule has 0 spiro atoms. The van der Waals surface area contributed by atoms with Gasteiger partial charge in [0.15, 0.2) is 0 Å². The summed E-state index contributed by atoms with van der Waals surface area (Å²) in [6.07, 6.45) is -2.52. The standard InChI is InChI=1S/C20H16F3N3O2S/c1-29-16-8-3-2-7-15(16)19(27)26-10-13(11-26)18-24-17(25-28-18)12-5-4-6-14(9-12)20(21,22)23/h2-9,13H,10-11H2,1H3. The van der Waals surface area contributed by atoms with Crippen LogP contribution in [0.3, 0.4) is 0 Å². The molecule has 1 fully saturated rings. The van der Waals surface area contributed by atoms with Gasteiger partial charge < -0.3 is 9.42 Å². The van der Waals surface area contributed by atoms with Crippen molar-refractivity contribution in [2.75, 3.05) is 19.3 Å². The van der Waals surface area contributed by atoms with E-state index in [1.807, 2.05) is 24.5 Å². The minimum atomic E-state index is -4.44. The molecule has 0 unspecified atom stereocenters. The number of hydrogen-bond donors (Lipinski definition) is 0. The molecule has 0 aliphatic carbocycles. The van der Waals surface area contributed by atoms with Crippen LogP contribution in [0.15, 0.2) is 57.9 Å². The lowest BCUT2D eigenvalue weighted by atomic mass is 9.98. The molecule has 4 rings (SSSR count). The number of amides is 1. The predicted octanol–water partition coefficient (Wildman–Crippen LogP) is 4.72. The molecular formula is C20H16F3N3O2S. The molecule has 1 aromatic heterocycles. The summed E-state index contributed by atoms with van der Waals surface area (Å²) in [6, 6.07) is 12.2. The van der Waals surface area contributed by atoms with Crippen LogP contribution in [0.1, 0.15) is 27.7 Å². The van der Waals surface area contributed by atoms with Gasteiger partial charge in [0.05, 0.1) is 17.0 Å². The lowest BCUT2D eigenvalue weighted by Crippen LogP contribution is -2.48. The van der Waals surface area contributed by atoms with Crippen LogP contribution in [0.4, 0.5) is 13.2 Å². The van der Waals surface area contributed by atoms with Gasteiger partial charge in [-0.25, -0.2) is 0 Å². The van der Waals surface area contributed by atoms with Crippen LogP contribution in [0, 0.1) is 0 Å². The van der Waals surface area contributed by atoms with Crippen LogP contribution >= 0.6 is 11.8 Å². The van der Waals surface area contributed by atoms with E-state index in [2.05, 4.69) is 10.1 Å². The molecule has 1 aliphatic rings. The SMILES string of the molecule is CSc1ccccc1C(=O)N1CC(c2nc(-c3cccc(C(F)(F)F)c3)no2)C1. The molecular weight excluding hydrogens is 403 g/mol. The average molecular weight is 419 g/mol. The van der Waals surface area contributed by atoms with Crippen LogP contribution in [0.5, 0.6) is 0 Å². The Morgan fingerprint density at radius 3 is 2.66 bits per heavy atom. The Hall–Kier alpha value is -2.81. The minimum Gasteiger partial charge on any atom is -0.339 e. The molecule has 0 atom stereocenters. The zero-order valence-electron chi connectivity index (χ0n) is 15.3. The molecule has 1 amide bonds. The maximum absolute atomic E-state index is 12.9. The van der Waals surface area contributed by atoms with Gasteiger partial charge in [-0.3, -0.25) is 4.79 Å². The summed E-state index contributed by atoms with van der Waals surface area (Å²) in [6.45, 7) is 0.845. The van der Waals surface area contributed by atoms with E-state index in [9.17, 15) is 18.0 Å². The van der Waals surface area contributed by atoms with Gasteiger partial charge in [-0.1, -0.05) is 29.4 Å². The van der Waals surface area contributed by atoms with Gasteiger partial charge in [-0.2, -0.15) is 18.2 Å². The molecule has 0 saturated carbocycles. The number of halogens is 3. The fourth-order valence-electron chi connectivity index (χ4n) is 3.15. The average Bonchev–Trinajstić information content (AvgIpc) is 3.16. The predicted molar refractivity (Wildman–Crippen MR) is 102 cm³/mol. The van der Waals surface area contributed by atoms with Crippen molar-refractivity contribution in [1.29, 1.82) is 0 Å². The molecule has 5 nitrogen and oxygen atoms in total. The first kappa shape index (κ1) is 19.5. The van der Waals surface area contributed by atoms with Crippen molar-refractivity contribution in [3.05, 3.63) is 65.5 Å². The first-order valence-electron chi connectivity index (χ1n) is 8.80. The first-order chi connectivity index (χ1) is 13.9. The summed E-state index contributed by atoms with van der Waals surface area (Å²) < 4.78 is 43.9. The van der Waals surface area contributed by atoms with Crippen LogP contribution in [0.2, 0.25) is 0 Å². The number of rotatable bonds is 4. The van der Waals surface area contributed by atoms with Crippen LogP contribution in [0.25, 0.3) is 11.4 Å². The molecule has 1 aliphatic heterocycles. The second-order valence-electron chi connectivity index (χ2n) is 6.64. The zero-order valence-corrected chi connectivity index (χ0v) is 16.1. The molecule has 0 N–H and O–H groups in total. The molecule has 0 bridgehead atoms. The summed E-state index contributed by atoms with van der Waals surface area (Å²) >= 11 is 1.51. The Balaban J connectivity index is 1.45. The van der Waals surface area contributed by atoms with Crippen molar-refractivity contribution in [2.45, 2.75) is 17.0 Å². The van der Waals surface area contributed by atoms with Gasteiger partial charge in [-0.15, -0.1) is 11.8 Å². The van der Waals surface area contributed by atoms with E-state index < -0.39 is 11.7 Å². The van der Waals surface area contributed by atoms with E-state index in [1.165, 1.54) is 23.9 Å². The van der Waals surface area contributed by atoms with E-state index in [4.69, 9.17) is 4.52 Å². The third-order valence-electron chi connectivity index (χ3n) is 4.75. The number of likely N-dealkylation sites (tertiary alicyclic amines) is 1. The van der Waals surface area contributed by atoms with Crippen molar-refractivity contribution >= 4 is 17.7 Å². The molecule has 2 heterocycles. The van der Waals surface area contributed by atoms with E-state index in [0.29, 0.717) is 24.5 Å². The molecule has 9 heteroatoms. The van der Waals surface area contributed by atoms with Gasteiger partial charge in [0.25, 0.3) is 5.91 Å². The normalized spacial score (nSPS) is 14.7. The molecule has 3 aromatic rings. The third kappa shape index (κ3) is 3.87. The maximum atomic E-state index is 12.9. The summed E-state index contributed by atoms with van der Waals surface area (Å²) in [5.41, 5.74) is 0.110. The highest BCUT2D eigenvalue weighted by Crippen LogP contribution is 2.33. The number of aromatic nitrogens is 2. The van der Waals surface area contributed by atoms with Crippen LogP contribution in [-0.4, -0.2) is 40.3 Å². The van der Waals surface area contributed by atoms with Crippen molar-refractivity contribution in [2.24, 2.45) is 0 Å². The zero-order chi connectivity index (χ0) is 20.6. The summed E-state index contributed by atoms with van der Waals surface area (Å²) in [5.74, 6) is 0.222. The van der Waals surface area contributed by atoms with E-state index >= 15 is 0 Å².